The summed E-state index contributed by atoms with van der Waals surface area (Å²) in [5.74, 6) is -0.250. The van der Waals surface area contributed by atoms with Crippen molar-refractivity contribution in [2.24, 2.45) is 0 Å². The molecular formula is C18H13FO2. The van der Waals surface area contributed by atoms with Crippen LogP contribution >= 0.6 is 0 Å². The first kappa shape index (κ1) is 12.5. The molecule has 4 rings (SSSR count). The summed E-state index contributed by atoms with van der Waals surface area (Å²) in [5.41, 5.74) is 1.40. The lowest BCUT2D eigenvalue weighted by molar-refractivity contribution is 0.0471. The predicted octanol–water partition coefficient (Wildman–Crippen LogP) is 3.55. The van der Waals surface area contributed by atoms with Crippen LogP contribution in [0.2, 0.25) is 0 Å². The molecule has 1 aliphatic carbocycles. The van der Waals surface area contributed by atoms with E-state index < -0.39 is 12.2 Å². The zero-order valence-corrected chi connectivity index (χ0v) is 11.1. The second-order valence-corrected chi connectivity index (χ2v) is 5.37. The quantitative estimate of drug-likeness (QED) is 0.618. The smallest absolute Gasteiger partial charge is 0.138 e. The summed E-state index contributed by atoms with van der Waals surface area (Å²) < 4.78 is 14.7. The van der Waals surface area contributed by atoms with E-state index in [0.29, 0.717) is 16.3 Å². The maximum absolute atomic E-state index is 14.7. The van der Waals surface area contributed by atoms with Crippen molar-refractivity contribution in [3.05, 3.63) is 65.5 Å². The lowest BCUT2D eigenvalue weighted by Crippen LogP contribution is -2.19. The Hall–Kier alpha value is -2.23. The first-order chi connectivity index (χ1) is 10.2. The van der Waals surface area contributed by atoms with Gasteiger partial charge in [-0.05, 0) is 28.0 Å². The Balaban J connectivity index is 2.15. The molecule has 0 bridgehead atoms. The molecule has 0 aromatic heterocycles. The highest BCUT2D eigenvalue weighted by Gasteiger charge is 2.24. The normalized spacial score (nSPS) is 20.9. The molecule has 0 unspecified atom stereocenters. The van der Waals surface area contributed by atoms with Crippen LogP contribution in [0.3, 0.4) is 0 Å². The second-order valence-electron chi connectivity index (χ2n) is 5.37. The summed E-state index contributed by atoms with van der Waals surface area (Å²) in [6.45, 7) is 0. The summed E-state index contributed by atoms with van der Waals surface area (Å²) in [6.07, 6.45) is 1.41. The van der Waals surface area contributed by atoms with Crippen LogP contribution in [0.5, 0.6) is 0 Å². The van der Waals surface area contributed by atoms with Crippen molar-refractivity contribution in [2.45, 2.75) is 12.2 Å². The number of benzene rings is 3. The van der Waals surface area contributed by atoms with Gasteiger partial charge in [-0.15, -0.1) is 0 Å². The highest BCUT2D eigenvalue weighted by Crippen LogP contribution is 2.36. The molecule has 104 valence electrons. The van der Waals surface area contributed by atoms with Crippen LogP contribution in [0.4, 0.5) is 4.39 Å². The largest absolute Gasteiger partial charge is 0.386 e. The van der Waals surface area contributed by atoms with Crippen LogP contribution in [0.25, 0.3) is 27.6 Å². The van der Waals surface area contributed by atoms with E-state index in [2.05, 4.69) is 0 Å². The van der Waals surface area contributed by atoms with Gasteiger partial charge in [0, 0.05) is 10.8 Å². The molecule has 0 saturated carbocycles. The van der Waals surface area contributed by atoms with Crippen LogP contribution in [0.15, 0.2) is 48.5 Å². The van der Waals surface area contributed by atoms with Crippen LogP contribution in [-0.2, 0) is 0 Å². The van der Waals surface area contributed by atoms with Gasteiger partial charge in [0.1, 0.15) is 18.0 Å². The van der Waals surface area contributed by atoms with Crippen molar-refractivity contribution in [1.82, 2.24) is 0 Å². The van der Waals surface area contributed by atoms with E-state index in [-0.39, 0.29) is 5.82 Å². The molecule has 1 aliphatic rings. The Kier molecular flexibility index (Phi) is 2.61. The Morgan fingerprint density at radius 2 is 1.71 bits per heavy atom. The first-order valence-electron chi connectivity index (χ1n) is 6.85. The molecule has 0 amide bonds. The van der Waals surface area contributed by atoms with Crippen molar-refractivity contribution < 1.29 is 14.6 Å². The van der Waals surface area contributed by atoms with Crippen molar-refractivity contribution in [1.29, 1.82) is 0 Å². The van der Waals surface area contributed by atoms with Gasteiger partial charge in [-0.3, -0.25) is 0 Å². The van der Waals surface area contributed by atoms with Crippen LogP contribution in [0, 0.1) is 5.82 Å². The third-order valence-electron chi connectivity index (χ3n) is 4.16. The van der Waals surface area contributed by atoms with E-state index in [0.717, 1.165) is 16.3 Å². The van der Waals surface area contributed by atoms with E-state index in [1.165, 1.54) is 0 Å². The molecular weight excluding hydrogens is 267 g/mol. The first-order valence-corrected chi connectivity index (χ1v) is 6.85. The third kappa shape index (κ3) is 1.71. The zero-order valence-electron chi connectivity index (χ0n) is 11.1. The number of rotatable bonds is 0. The Bertz CT molecular complexity index is 898. The van der Waals surface area contributed by atoms with Crippen molar-refractivity contribution in [3.8, 4) is 0 Å². The summed E-state index contributed by atoms with van der Waals surface area (Å²) in [4.78, 5) is 0. The highest BCUT2D eigenvalue weighted by atomic mass is 19.1. The van der Waals surface area contributed by atoms with Gasteiger partial charge in [0.2, 0.25) is 0 Å². The minimum Gasteiger partial charge on any atom is -0.386 e. The van der Waals surface area contributed by atoms with E-state index in [9.17, 15) is 14.6 Å². The standard InChI is InChI=1S/C18H13FO2/c19-17-11-4-2-1-3-10(11)9-15-12-7-8-16(20)18(21)14(12)6-5-13(15)17/h1-9,16,18,20-21H/t16-,18-/m1/s1. The average molecular weight is 280 g/mol. The van der Waals surface area contributed by atoms with E-state index in [4.69, 9.17) is 0 Å². The molecule has 0 saturated heterocycles. The molecule has 0 fully saturated rings. The molecule has 0 aliphatic heterocycles. The Morgan fingerprint density at radius 1 is 0.905 bits per heavy atom. The Morgan fingerprint density at radius 3 is 2.57 bits per heavy atom. The molecule has 0 spiro atoms. The van der Waals surface area contributed by atoms with Gasteiger partial charge in [-0.25, -0.2) is 4.39 Å². The topological polar surface area (TPSA) is 40.5 Å². The second kappa shape index (κ2) is 4.38. The molecule has 21 heavy (non-hydrogen) atoms. The Labute approximate surface area is 120 Å². The lowest BCUT2D eigenvalue weighted by Gasteiger charge is -2.23. The van der Waals surface area contributed by atoms with Crippen LogP contribution in [-0.4, -0.2) is 16.3 Å². The molecule has 2 nitrogen and oxygen atoms in total. The summed E-state index contributed by atoms with van der Waals surface area (Å²) in [5, 5.41) is 22.5. The van der Waals surface area contributed by atoms with Crippen LogP contribution < -0.4 is 0 Å². The number of aliphatic hydroxyl groups is 2. The van der Waals surface area contributed by atoms with Gasteiger partial charge in [0.05, 0.1) is 0 Å². The molecule has 2 N–H and O–H groups in total. The number of fused-ring (bicyclic) bond motifs is 4. The minimum atomic E-state index is -0.969. The number of hydrogen-bond donors (Lipinski definition) is 2. The van der Waals surface area contributed by atoms with Gasteiger partial charge in [0.15, 0.2) is 0 Å². The van der Waals surface area contributed by atoms with Crippen LogP contribution in [0.1, 0.15) is 17.2 Å². The van der Waals surface area contributed by atoms with Crippen molar-refractivity contribution in [3.63, 3.8) is 0 Å². The van der Waals surface area contributed by atoms with Crippen molar-refractivity contribution >= 4 is 27.6 Å². The highest BCUT2D eigenvalue weighted by molar-refractivity contribution is 6.03. The van der Waals surface area contributed by atoms with Gasteiger partial charge in [-0.2, -0.15) is 0 Å². The van der Waals surface area contributed by atoms with E-state index >= 15 is 0 Å². The summed E-state index contributed by atoms with van der Waals surface area (Å²) in [7, 11) is 0. The summed E-state index contributed by atoms with van der Waals surface area (Å²) >= 11 is 0. The average Bonchev–Trinajstić information content (AvgIpc) is 2.51. The maximum Gasteiger partial charge on any atom is 0.138 e. The molecule has 3 heteroatoms. The lowest BCUT2D eigenvalue weighted by atomic mass is 9.88. The predicted molar refractivity (Wildman–Crippen MR) is 81.4 cm³/mol. The molecule has 0 radical (unpaired) electrons. The van der Waals surface area contributed by atoms with E-state index in [1.54, 1.807) is 30.4 Å². The maximum atomic E-state index is 14.7. The molecule has 2 atom stereocenters. The minimum absolute atomic E-state index is 0.250. The number of halogens is 1. The van der Waals surface area contributed by atoms with Gasteiger partial charge < -0.3 is 10.2 Å². The van der Waals surface area contributed by atoms with Gasteiger partial charge >= 0.3 is 0 Å². The van der Waals surface area contributed by atoms with Crippen molar-refractivity contribution in [2.75, 3.05) is 0 Å². The fourth-order valence-corrected chi connectivity index (χ4v) is 3.05. The number of aliphatic hydroxyl groups excluding tert-OH is 2. The number of hydrogen-bond acceptors (Lipinski definition) is 2. The fourth-order valence-electron chi connectivity index (χ4n) is 3.05. The third-order valence-corrected chi connectivity index (χ3v) is 4.16. The van der Waals surface area contributed by atoms with Gasteiger partial charge in [0.25, 0.3) is 0 Å². The molecule has 3 aromatic rings. The van der Waals surface area contributed by atoms with E-state index in [1.807, 2.05) is 24.3 Å². The SMILES string of the molecule is O[C@@H]1C=Cc2c(ccc3c(F)c4ccccc4cc23)[C@H]1O. The zero-order chi connectivity index (χ0) is 14.6. The monoisotopic (exact) mass is 280 g/mol. The molecule has 3 aromatic carbocycles. The summed E-state index contributed by atoms with van der Waals surface area (Å²) in [6, 6.07) is 12.6. The molecule has 0 heterocycles. The fraction of sp³-hybridized carbons (Fsp3) is 0.111. The van der Waals surface area contributed by atoms with Gasteiger partial charge in [-0.1, -0.05) is 48.6 Å².